The topological polar surface area (TPSA) is 68.2 Å². The Morgan fingerprint density at radius 1 is 1.37 bits per heavy atom. The van der Waals surface area contributed by atoms with Gasteiger partial charge in [0.2, 0.25) is 5.89 Å². The van der Waals surface area contributed by atoms with E-state index in [1.54, 1.807) is 0 Å². The molecule has 0 atom stereocenters. The van der Waals surface area contributed by atoms with Gasteiger partial charge in [0.1, 0.15) is 0 Å². The second-order valence-electron chi connectivity index (χ2n) is 6.08. The van der Waals surface area contributed by atoms with Crippen LogP contribution < -0.4 is 5.73 Å². The number of nitrogens with two attached hydrogens (primary N) is 1. The molecule has 0 radical (unpaired) electrons. The van der Waals surface area contributed by atoms with Gasteiger partial charge >= 0.3 is 0 Å². The van der Waals surface area contributed by atoms with Crippen LogP contribution in [0.2, 0.25) is 0 Å². The third-order valence-corrected chi connectivity index (χ3v) is 3.49. The average molecular weight is 289 g/mol. The molecule has 2 N–H and O–H groups in total. The number of hydrogen-bond donors (Lipinski definition) is 1. The van der Waals surface area contributed by atoms with E-state index >= 15 is 0 Å². The van der Waals surface area contributed by atoms with Crippen molar-refractivity contribution in [2.75, 3.05) is 13.6 Å². The fraction of sp³-hybridized carbons (Fsp3) is 0.846. The highest BCUT2D eigenvalue weighted by molar-refractivity contribution is 5.85. The molecule has 1 saturated carbocycles. The normalized spacial score (nSPS) is 16.9. The smallest absolute Gasteiger partial charge is 0.240 e. The van der Waals surface area contributed by atoms with Gasteiger partial charge in [-0.25, -0.2) is 0 Å². The van der Waals surface area contributed by atoms with Crippen molar-refractivity contribution in [3.8, 4) is 0 Å². The largest absolute Gasteiger partial charge is 0.338 e. The standard InChI is InChI=1S/C13H24N4O.ClH/c1-13(2,14)12-15-11(18-16-12)9-17(3)8-10-6-4-5-7-10;/h10H,4-9,14H2,1-3H3;1H. The summed E-state index contributed by atoms with van der Waals surface area (Å²) in [5.41, 5.74) is 5.40. The highest BCUT2D eigenvalue weighted by Crippen LogP contribution is 2.25. The van der Waals surface area contributed by atoms with Crippen molar-refractivity contribution in [1.29, 1.82) is 0 Å². The van der Waals surface area contributed by atoms with Crippen molar-refractivity contribution in [2.24, 2.45) is 11.7 Å². The van der Waals surface area contributed by atoms with E-state index in [1.807, 2.05) is 13.8 Å². The predicted octanol–water partition coefficient (Wildman–Crippen LogP) is 2.31. The van der Waals surface area contributed by atoms with Crippen molar-refractivity contribution in [2.45, 2.75) is 51.6 Å². The second kappa shape index (κ2) is 6.68. The summed E-state index contributed by atoms with van der Waals surface area (Å²) in [6.45, 7) is 5.58. The molecule has 1 heterocycles. The summed E-state index contributed by atoms with van der Waals surface area (Å²) in [5, 5.41) is 3.93. The molecule has 1 aliphatic rings. The number of rotatable bonds is 5. The maximum absolute atomic E-state index is 5.93. The molecule has 6 heteroatoms. The first-order valence-corrected chi connectivity index (χ1v) is 6.75. The molecular weight excluding hydrogens is 264 g/mol. The summed E-state index contributed by atoms with van der Waals surface area (Å²) in [7, 11) is 2.11. The third-order valence-electron chi connectivity index (χ3n) is 3.49. The van der Waals surface area contributed by atoms with Crippen LogP contribution in [0.4, 0.5) is 0 Å². The monoisotopic (exact) mass is 288 g/mol. The van der Waals surface area contributed by atoms with Crippen molar-refractivity contribution >= 4 is 12.4 Å². The number of halogens is 1. The van der Waals surface area contributed by atoms with E-state index in [2.05, 4.69) is 22.1 Å². The lowest BCUT2D eigenvalue weighted by atomic mass is 10.1. The maximum Gasteiger partial charge on any atom is 0.240 e. The Bertz CT molecular complexity index is 382. The fourth-order valence-electron chi connectivity index (χ4n) is 2.51. The van der Waals surface area contributed by atoms with Gasteiger partial charge in [-0.1, -0.05) is 18.0 Å². The van der Waals surface area contributed by atoms with E-state index in [0.717, 1.165) is 12.5 Å². The Morgan fingerprint density at radius 2 is 2.00 bits per heavy atom. The Balaban J connectivity index is 0.00000180. The van der Waals surface area contributed by atoms with Gasteiger partial charge in [0.05, 0.1) is 12.1 Å². The van der Waals surface area contributed by atoms with Crippen LogP contribution in [0.5, 0.6) is 0 Å². The summed E-state index contributed by atoms with van der Waals surface area (Å²) >= 11 is 0. The summed E-state index contributed by atoms with van der Waals surface area (Å²) in [6, 6.07) is 0. The van der Waals surface area contributed by atoms with Crippen LogP contribution in [-0.4, -0.2) is 28.6 Å². The zero-order chi connectivity index (χ0) is 13.2. The molecule has 0 saturated heterocycles. The lowest BCUT2D eigenvalue weighted by molar-refractivity contribution is 0.233. The molecule has 0 aromatic carbocycles. The van der Waals surface area contributed by atoms with E-state index in [1.165, 1.54) is 25.7 Å². The SMILES string of the molecule is CN(Cc1nc(C(C)(C)N)no1)CC1CCCC1.Cl. The van der Waals surface area contributed by atoms with Crippen LogP contribution in [0.1, 0.15) is 51.2 Å². The van der Waals surface area contributed by atoms with E-state index in [-0.39, 0.29) is 12.4 Å². The second-order valence-corrected chi connectivity index (χ2v) is 6.08. The van der Waals surface area contributed by atoms with Gasteiger partial charge in [-0.15, -0.1) is 12.4 Å². The lowest BCUT2D eigenvalue weighted by Crippen LogP contribution is -2.30. The molecule has 0 amide bonds. The third kappa shape index (κ3) is 4.75. The molecule has 1 aliphatic carbocycles. The maximum atomic E-state index is 5.93. The average Bonchev–Trinajstić information content (AvgIpc) is 2.87. The fourth-order valence-corrected chi connectivity index (χ4v) is 2.51. The van der Waals surface area contributed by atoms with E-state index in [9.17, 15) is 0 Å². The molecule has 2 rings (SSSR count). The first-order valence-electron chi connectivity index (χ1n) is 6.75. The molecule has 1 aromatic rings. The van der Waals surface area contributed by atoms with Gasteiger partial charge in [0.25, 0.3) is 0 Å². The first-order chi connectivity index (χ1) is 8.45. The van der Waals surface area contributed by atoms with Gasteiger partial charge in [-0.2, -0.15) is 4.98 Å². The van der Waals surface area contributed by atoms with Crippen LogP contribution in [0.3, 0.4) is 0 Å². The Labute approximate surface area is 121 Å². The van der Waals surface area contributed by atoms with E-state index in [0.29, 0.717) is 18.3 Å². The van der Waals surface area contributed by atoms with Gasteiger partial charge in [-0.05, 0) is 39.7 Å². The zero-order valence-corrected chi connectivity index (χ0v) is 12.9. The minimum atomic E-state index is -0.536. The summed E-state index contributed by atoms with van der Waals surface area (Å²) in [4.78, 5) is 6.61. The van der Waals surface area contributed by atoms with E-state index in [4.69, 9.17) is 10.3 Å². The first kappa shape index (κ1) is 16.4. The minimum absolute atomic E-state index is 0. The van der Waals surface area contributed by atoms with Gasteiger partial charge in [-0.3, -0.25) is 4.90 Å². The minimum Gasteiger partial charge on any atom is -0.338 e. The molecule has 0 spiro atoms. The van der Waals surface area contributed by atoms with Crippen LogP contribution in [0.15, 0.2) is 4.52 Å². The zero-order valence-electron chi connectivity index (χ0n) is 12.1. The molecule has 110 valence electrons. The quantitative estimate of drug-likeness (QED) is 0.900. The molecule has 19 heavy (non-hydrogen) atoms. The van der Waals surface area contributed by atoms with Crippen molar-refractivity contribution in [3.05, 3.63) is 11.7 Å². The molecular formula is C13H25ClN4O. The summed E-state index contributed by atoms with van der Waals surface area (Å²) < 4.78 is 5.24. The summed E-state index contributed by atoms with van der Waals surface area (Å²) in [6.07, 6.45) is 5.47. The highest BCUT2D eigenvalue weighted by Gasteiger charge is 2.22. The van der Waals surface area contributed by atoms with Crippen molar-refractivity contribution in [1.82, 2.24) is 15.0 Å². The molecule has 1 aromatic heterocycles. The highest BCUT2D eigenvalue weighted by atomic mass is 35.5. The van der Waals surface area contributed by atoms with Crippen molar-refractivity contribution < 1.29 is 4.52 Å². The van der Waals surface area contributed by atoms with E-state index < -0.39 is 5.54 Å². The lowest BCUT2D eigenvalue weighted by Gasteiger charge is -2.18. The number of aromatic nitrogens is 2. The van der Waals surface area contributed by atoms with Gasteiger partial charge in [0.15, 0.2) is 5.82 Å². The Hall–Kier alpha value is -0.650. The molecule has 0 bridgehead atoms. The van der Waals surface area contributed by atoms with Crippen LogP contribution >= 0.6 is 12.4 Å². The molecule has 0 aliphatic heterocycles. The van der Waals surface area contributed by atoms with Crippen LogP contribution in [0.25, 0.3) is 0 Å². The van der Waals surface area contributed by atoms with Crippen molar-refractivity contribution in [3.63, 3.8) is 0 Å². The van der Waals surface area contributed by atoms with Gasteiger partial charge in [0, 0.05) is 6.54 Å². The summed E-state index contributed by atoms with van der Waals surface area (Å²) in [5.74, 6) is 2.07. The van der Waals surface area contributed by atoms with Crippen LogP contribution in [0, 0.1) is 5.92 Å². The van der Waals surface area contributed by atoms with Gasteiger partial charge < -0.3 is 10.3 Å². The molecule has 1 fully saturated rings. The number of hydrogen-bond acceptors (Lipinski definition) is 5. The molecule has 0 unspecified atom stereocenters. The predicted molar refractivity (Wildman–Crippen MR) is 77.1 cm³/mol. The Kier molecular flexibility index (Phi) is 5.77. The van der Waals surface area contributed by atoms with Crippen LogP contribution in [-0.2, 0) is 12.1 Å². The number of nitrogens with zero attached hydrogens (tertiary/aromatic N) is 3. The molecule has 5 nitrogen and oxygen atoms in total. The Morgan fingerprint density at radius 3 is 2.53 bits per heavy atom.